The molecular weight excluding hydrogens is 250 g/mol. The Morgan fingerprint density at radius 3 is 2.35 bits per heavy atom. The van der Waals surface area contributed by atoms with Crippen LogP contribution in [-0.4, -0.2) is 30.1 Å². The molecule has 0 amide bonds. The van der Waals surface area contributed by atoms with E-state index in [9.17, 15) is 0 Å². The fourth-order valence-electron chi connectivity index (χ4n) is 1.77. The summed E-state index contributed by atoms with van der Waals surface area (Å²) in [4.78, 5) is 10.7. The van der Waals surface area contributed by atoms with Crippen LogP contribution in [0.2, 0.25) is 0 Å². The molecule has 2 rings (SSSR count). The quantitative estimate of drug-likeness (QED) is 0.875. The van der Waals surface area contributed by atoms with E-state index in [-0.39, 0.29) is 0 Å². The molecule has 2 aromatic rings. The van der Waals surface area contributed by atoms with Crippen molar-refractivity contribution in [3.05, 3.63) is 36.5 Å². The van der Waals surface area contributed by atoms with Crippen molar-refractivity contribution in [3.63, 3.8) is 0 Å². The second-order valence-electron chi connectivity index (χ2n) is 5.13. The van der Waals surface area contributed by atoms with Crippen LogP contribution in [0.15, 0.2) is 36.5 Å². The van der Waals surface area contributed by atoms with E-state index in [1.807, 2.05) is 32.3 Å². The number of nitrogens with zero attached hydrogens (tertiary/aromatic N) is 3. The maximum atomic E-state index is 4.42. The first-order valence-electron chi connectivity index (χ1n) is 6.68. The lowest BCUT2D eigenvalue weighted by atomic mass is 10.2. The minimum absolute atomic E-state index is 0.345. The first-order valence-corrected chi connectivity index (χ1v) is 6.68. The predicted molar refractivity (Wildman–Crippen MR) is 84.8 cm³/mol. The Balaban J connectivity index is 2.09. The summed E-state index contributed by atoms with van der Waals surface area (Å²) in [7, 11) is 4.04. The van der Waals surface area contributed by atoms with Crippen molar-refractivity contribution in [1.82, 2.24) is 9.97 Å². The van der Waals surface area contributed by atoms with Gasteiger partial charge in [0.1, 0.15) is 5.82 Å². The fourth-order valence-corrected chi connectivity index (χ4v) is 1.77. The number of hydrogen-bond acceptors (Lipinski definition) is 5. The van der Waals surface area contributed by atoms with Gasteiger partial charge in [-0.3, -0.25) is 0 Å². The third-order valence-corrected chi connectivity index (χ3v) is 2.73. The van der Waals surface area contributed by atoms with Crippen LogP contribution in [0.4, 0.5) is 23.1 Å². The normalized spacial score (nSPS) is 10.4. The van der Waals surface area contributed by atoms with Crippen molar-refractivity contribution in [2.75, 3.05) is 29.6 Å². The summed E-state index contributed by atoms with van der Waals surface area (Å²) in [6.07, 6.45) is 1.74. The van der Waals surface area contributed by atoms with E-state index in [2.05, 4.69) is 51.5 Å². The number of aromatic nitrogens is 2. The van der Waals surface area contributed by atoms with Crippen molar-refractivity contribution < 1.29 is 0 Å². The van der Waals surface area contributed by atoms with Gasteiger partial charge in [-0.1, -0.05) is 0 Å². The van der Waals surface area contributed by atoms with Crippen LogP contribution in [-0.2, 0) is 0 Å². The van der Waals surface area contributed by atoms with E-state index >= 15 is 0 Å². The predicted octanol–water partition coefficient (Wildman–Crippen LogP) is 3.11. The molecule has 0 atom stereocenters. The van der Waals surface area contributed by atoms with Crippen LogP contribution in [0.25, 0.3) is 0 Å². The molecule has 5 heteroatoms. The molecule has 5 nitrogen and oxygen atoms in total. The Bertz CT molecular complexity index is 548. The molecule has 1 heterocycles. The standard InChI is InChI=1S/C15H21N5/c1-11(2)17-14-9-10-16-15(19-14)18-12-5-7-13(8-6-12)20(3)4/h5-11H,1-4H3,(H2,16,17,18,19). The summed E-state index contributed by atoms with van der Waals surface area (Å²) in [5.41, 5.74) is 2.13. The first-order chi connectivity index (χ1) is 9.54. The topological polar surface area (TPSA) is 53.1 Å². The van der Waals surface area contributed by atoms with Gasteiger partial charge in [-0.05, 0) is 44.2 Å². The highest BCUT2D eigenvalue weighted by molar-refractivity contribution is 5.59. The van der Waals surface area contributed by atoms with Crippen LogP contribution in [0.1, 0.15) is 13.8 Å². The number of nitrogens with one attached hydrogen (secondary N) is 2. The molecular formula is C15H21N5. The summed E-state index contributed by atoms with van der Waals surface area (Å²) in [6, 6.07) is 10.3. The number of anilines is 4. The lowest BCUT2D eigenvalue weighted by molar-refractivity contribution is 0.887. The highest BCUT2D eigenvalue weighted by atomic mass is 15.1. The fraction of sp³-hybridized carbons (Fsp3) is 0.333. The van der Waals surface area contributed by atoms with Crippen LogP contribution >= 0.6 is 0 Å². The lowest BCUT2D eigenvalue weighted by Gasteiger charge is -2.13. The zero-order valence-electron chi connectivity index (χ0n) is 12.4. The maximum Gasteiger partial charge on any atom is 0.229 e. The molecule has 2 N–H and O–H groups in total. The Labute approximate surface area is 120 Å². The smallest absolute Gasteiger partial charge is 0.229 e. The third-order valence-electron chi connectivity index (χ3n) is 2.73. The average molecular weight is 271 g/mol. The van der Waals surface area contributed by atoms with Gasteiger partial charge in [-0.15, -0.1) is 0 Å². The molecule has 106 valence electrons. The molecule has 0 saturated carbocycles. The van der Waals surface area contributed by atoms with Gasteiger partial charge in [0, 0.05) is 37.7 Å². The largest absolute Gasteiger partial charge is 0.378 e. The monoisotopic (exact) mass is 271 g/mol. The van der Waals surface area contributed by atoms with Gasteiger partial charge in [-0.2, -0.15) is 4.98 Å². The highest BCUT2D eigenvalue weighted by Crippen LogP contribution is 2.18. The van der Waals surface area contributed by atoms with Gasteiger partial charge in [0.05, 0.1) is 0 Å². The Morgan fingerprint density at radius 1 is 1.05 bits per heavy atom. The molecule has 0 aliphatic heterocycles. The summed E-state index contributed by atoms with van der Waals surface area (Å²) in [6.45, 7) is 4.16. The lowest BCUT2D eigenvalue weighted by Crippen LogP contribution is -2.11. The summed E-state index contributed by atoms with van der Waals surface area (Å²) in [5.74, 6) is 1.41. The molecule has 0 fully saturated rings. The van der Waals surface area contributed by atoms with Gasteiger partial charge in [0.25, 0.3) is 0 Å². The van der Waals surface area contributed by atoms with E-state index in [4.69, 9.17) is 0 Å². The Hall–Kier alpha value is -2.30. The molecule has 1 aromatic heterocycles. The molecule has 0 saturated heterocycles. The number of benzene rings is 1. The van der Waals surface area contributed by atoms with E-state index < -0.39 is 0 Å². The SMILES string of the molecule is CC(C)Nc1ccnc(Nc2ccc(N(C)C)cc2)n1. The van der Waals surface area contributed by atoms with Crippen molar-refractivity contribution in [1.29, 1.82) is 0 Å². The van der Waals surface area contributed by atoms with Gasteiger partial charge in [0.15, 0.2) is 0 Å². The van der Waals surface area contributed by atoms with Crippen molar-refractivity contribution in [3.8, 4) is 0 Å². The van der Waals surface area contributed by atoms with Crippen molar-refractivity contribution >= 4 is 23.1 Å². The Kier molecular flexibility index (Phi) is 4.40. The maximum absolute atomic E-state index is 4.42. The number of rotatable bonds is 5. The molecule has 0 bridgehead atoms. The molecule has 1 aromatic carbocycles. The zero-order valence-corrected chi connectivity index (χ0v) is 12.4. The molecule has 0 radical (unpaired) electrons. The minimum Gasteiger partial charge on any atom is -0.378 e. The first kappa shape index (κ1) is 14.1. The summed E-state index contributed by atoms with van der Waals surface area (Å²) in [5, 5.41) is 6.46. The van der Waals surface area contributed by atoms with Gasteiger partial charge in [-0.25, -0.2) is 4.98 Å². The van der Waals surface area contributed by atoms with Crippen LogP contribution in [0, 0.1) is 0 Å². The van der Waals surface area contributed by atoms with Gasteiger partial charge in [0.2, 0.25) is 5.95 Å². The molecule has 0 spiro atoms. The van der Waals surface area contributed by atoms with Gasteiger partial charge >= 0.3 is 0 Å². The third kappa shape index (κ3) is 3.85. The second kappa shape index (κ2) is 6.23. The van der Waals surface area contributed by atoms with E-state index in [1.165, 1.54) is 0 Å². The molecule has 0 aliphatic rings. The minimum atomic E-state index is 0.345. The van der Waals surface area contributed by atoms with Crippen LogP contribution in [0.3, 0.4) is 0 Å². The summed E-state index contributed by atoms with van der Waals surface area (Å²) >= 11 is 0. The Morgan fingerprint density at radius 2 is 1.75 bits per heavy atom. The van der Waals surface area contributed by atoms with E-state index in [0.717, 1.165) is 17.2 Å². The van der Waals surface area contributed by atoms with Crippen LogP contribution < -0.4 is 15.5 Å². The van der Waals surface area contributed by atoms with E-state index in [0.29, 0.717) is 12.0 Å². The highest BCUT2D eigenvalue weighted by Gasteiger charge is 2.02. The average Bonchev–Trinajstić information content (AvgIpc) is 2.39. The number of hydrogen-bond donors (Lipinski definition) is 2. The van der Waals surface area contributed by atoms with Crippen molar-refractivity contribution in [2.45, 2.75) is 19.9 Å². The van der Waals surface area contributed by atoms with E-state index in [1.54, 1.807) is 6.20 Å². The zero-order chi connectivity index (χ0) is 14.5. The van der Waals surface area contributed by atoms with Gasteiger partial charge < -0.3 is 15.5 Å². The van der Waals surface area contributed by atoms with Crippen molar-refractivity contribution in [2.24, 2.45) is 0 Å². The van der Waals surface area contributed by atoms with Crippen LogP contribution in [0.5, 0.6) is 0 Å². The molecule has 0 aliphatic carbocycles. The summed E-state index contributed by atoms with van der Waals surface area (Å²) < 4.78 is 0. The second-order valence-corrected chi connectivity index (χ2v) is 5.13. The molecule has 0 unspecified atom stereocenters. The molecule has 20 heavy (non-hydrogen) atoms.